The summed E-state index contributed by atoms with van der Waals surface area (Å²) in [5.41, 5.74) is 3.36. The van der Waals surface area contributed by atoms with Crippen LogP contribution in [-0.2, 0) is 11.2 Å². The van der Waals surface area contributed by atoms with Crippen molar-refractivity contribution in [3.63, 3.8) is 0 Å². The number of aromatic nitrogens is 2. The van der Waals surface area contributed by atoms with Gasteiger partial charge >= 0.3 is 0 Å². The zero-order chi connectivity index (χ0) is 18.6. The molecule has 4 nitrogen and oxygen atoms in total. The van der Waals surface area contributed by atoms with Crippen molar-refractivity contribution < 1.29 is 9.18 Å². The fourth-order valence-corrected chi connectivity index (χ4v) is 3.12. The summed E-state index contributed by atoms with van der Waals surface area (Å²) in [6.45, 7) is 0. The molecule has 0 bridgehead atoms. The van der Waals surface area contributed by atoms with E-state index in [-0.39, 0.29) is 18.1 Å². The molecule has 0 saturated carbocycles. The number of carbonyl (C=O) groups is 1. The summed E-state index contributed by atoms with van der Waals surface area (Å²) in [4.78, 5) is 17.0. The third-order valence-electron chi connectivity index (χ3n) is 4.33. The maximum atomic E-state index is 13.3. The van der Waals surface area contributed by atoms with Crippen molar-refractivity contribution in [2.45, 2.75) is 12.8 Å². The minimum atomic E-state index is -0.376. The molecule has 134 valence electrons. The van der Waals surface area contributed by atoms with Crippen LogP contribution in [0.1, 0.15) is 12.2 Å². The summed E-state index contributed by atoms with van der Waals surface area (Å²) in [5.74, 6) is 0.266. The lowest BCUT2D eigenvalue weighted by atomic mass is 10.2. The van der Waals surface area contributed by atoms with E-state index in [1.807, 2.05) is 54.6 Å². The van der Waals surface area contributed by atoms with E-state index in [2.05, 4.69) is 9.88 Å². The predicted octanol–water partition coefficient (Wildman–Crippen LogP) is 4.74. The molecule has 0 aliphatic carbocycles. The number of halogens is 1. The summed E-state index contributed by atoms with van der Waals surface area (Å²) in [5, 5.41) is 2.73. The third kappa shape index (κ3) is 3.72. The Morgan fingerprint density at radius 1 is 0.963 bits per heavy atom. The Morgan fingerprint density at radius 3 is 2.56 bits per heavy atom. The number of amides is 1. The van der Waals surface area contributed by atoms with E-state index in [9.17, 15) is 9.18 Å². The summed E-state index contributed by atoms with van der Waals surface area (Å²) >= 11 is 0. The number of imidazole rings is 1. The Hall–Kier alpha value is -3.47. The van der Waals surface area contributed by atoms with Gasteiger partial charge in [0.15, 0.2) is 0 Å². The number of para-hydroxylation sites is 3. The normalized spacial score (nSPS) is 10.9. The van der Waals surface area contributed by atoms with E-state index < -0.39 is 0 Å². The van der Waals surface area contributed by atoms with Crippen LogP contribution in [0.2, 0.25) is 0 Å². The van der Waals surface area contributed by atoms with E-state index in [0.717, 1.165) is 22.5 Å². The first-order chi connectivity index (χ1) is 13.2. The predicted molar refractivity (Wildman–Crippen MR) is 104 cm³/mol. The first kappa shape index (κ1) is 17.0. The quantitative estimate of drug-likeness (QED) is 0.560. The van der Waals surface area contributed by atoms with E-state index in [0.29, 0.717) is 12.1 Å². The van der Waals surface area contributed by atoms with Gasteiger partial charge < -0.3 is 5.32 Å². The Kier molecular flexibility index (Phi) is 4.66. The van der Waals surface area contributed by atoms with Gasteiger partial charge in [-0.2, -0.15) is 0 Å². The zero-order valence-corrected chi connectivity index (χ0v) is 14.6. The van der Waals surface area contributed by atoms with Gasteiger partial charge in [-0.05, 0) is 42.5 Å². The molecule has 0 fully saturated rings. The molecule has 1 aromatic heterocycles. The van der Waals surface area contributed by atoms with E-state index >= 15 is 0 Å². The van der Waals surface area contributed by atoms with Crippen LogP contribution < -0.4 is 5.32 Å². The average Bonchev–Trinajstić information content (AvgIpc) is 3.05. The van der Waals surface area contributed by atoms with Crippen LogP contribution in [-0.4, -0.2) is 15.5 Å². The molecule has 0 saturated heterocycles. The molecule has 0 radical (unpaired) electrons. The summed E-state index contributed by atoms with van der Waals surface area (Å²) in [6, 6.07) is 23.7. The van der Waals surface area contributed by atoms with E-state index in [1.165, 1.54) is 12.1 Å². The number of carbonyl (C=O) groups excluding carboxylic acids is 1. The molecule has 5 heteroatoms. The van der Waals surface area contributed by atoms with Gasteiger partial charge in [0.2, 0.25) is 5.91 Å². The molecule has 0 spiro atoms. The van der Waals surface area contributed by atoms with Crippen molar-refractivity contribution >= 4 is 22.6 Å². The molecule has 0 aliphatic heterocycles. The molecule has 1 amide bonds. The number of anilines is 1. The van der Waals surface area contributed by atoms with Crippen LogP contribution in [0.4, 0.5) is 10.1 Å². The number of hydrogen-bond acceptors (Lipinski definition) is 2. The van der Waals surface area contributed by atoms with Gasteiger partial charge in [0.05, 0.1) is 11.0 Å². The van der Waals surface area contributed by atoms with Crippen molar-refractivity contribution in [1.29, 1.82) is 0 Å². The third-order valence-corrected chi connectivity index (χ3v) is 4.33. The highest BCUT2D eigenvalue weighted by molar-refractivity contribution is 5.90. The molecule has 0 atom stereocenters. The first-order valence-corrected chi connectivity index (χ1v) is 8.78. The molecule has 0 unspecified atom stereocenters. The molecular weight excluding hydrogens is 341 g/mol. The lowest BCUT2D eigenvalue weighted by molar-refractivity contribution is -0.116. The standard InChI is InChI=1S/C22H18FN3O/c23-16-7-6-8-17(15-16)24-22(27)14-13-21-25-19-11-4-5-12-20(19)26(21)18-9-2-1-3-10-18/h1-12,15H,13-14H2,(H,24,27). The highest BCUT2D eigenvalue weighted by atomic mass is 19.1. The Bertz CT molecular complexity index is 1090. The summed E-state index contributed by atoms with van der Waals surface area (Å²) in [7, 11) is 0. The minimum absolute atomic E-state index is 0.174. The number of fused-ring (bicyclic) bond motifs is 1. The Balaban J connectivity index is 1.58. The largest absolute Gasteiger partial charge is 0.326 e. The average molecular weight is 359 g/mol. The highest BCUT2D eigenvalue weighted by Gasteiger charge is 2.13. The Morgan fingerprint density at radius 2 is 1.74 bits per heavy atom. The molecule has 1 heterocycles. The topological polar surface area (TPSA) is 46.9 Å². The number of aryl methyl sites for hydroxylation is 1. The molecular formula is C22H18FN3O. The van der Waals surface area contributed by atoms with Gasteiger partial charge in [-0.15, -0.1) is 0 Å². The molecule has 0 aliphatic rings. The molecule has 3 aromatic carbocycles. The monoisotopic (exact) mass is 359 g/mol. The van der Waals surface area contributed by atoms with Gasteiger partial charge in [0.25, 0.3) is 0 Å². The van der Waals surface area contributed by atoms with Crippen LogP contribution in [0.5, 0.6) is 0 Å². The zero-order valence-electron chi connectivity index (χ0n) is 14.6. The molecule has 4 rings (SSSR count). The molecule has 4 aromatic rings. The second kappa shape index (κ2) is 7.41. The maximum absolute atomic E-state index is 13.3. The number of nitrogens with zero attached hydrogens (tertiary/aromatic N) is 2. The number of nitrogens with one attached hydrogen (secondary N) is 1. The minimum Gasteiger partial charge on any atom is -0.326 e. The number of benzene rings is 3. The second-order valence-electron chi connectivity index (χ2n) is 6.25. The number of hydrogen-bond donors (Lipinski definition) is 1. The van der Waals surface area contributed by atoms with Crippen molar-refractivity contribution in [2.75, 3.05) is 5.32 Å². The van der Waals surface area contributed by atoms with Gasteiger partial charge in [-0.3, -0.25) is 9.36 Å². The van der Waals surface area contributed by atoms with Gasteiger partial charge in [-0.1, -0.05) is 36.4 Å². The van der Waals surface area contributed by atoms with Crippen LogP contribution in [0.3, 0.4) is 0 Å². The fourth-order valence-electron chi connectivity index (χ4n) is 3.12. The van der Waals surface area contributed by atoms with Crippen LogP contribution in [0, 0.1) is 5.82 Å². The van der Waals surface area contributed by atoms with Crippen molar-refractivity contribution in [1.82, 2.24) is 9.55 Å². The van der Waals surface area contributed by atoms with Crippen molar-refractivity contribution in [3.05, 3.63) is 90.5 Å². The van der Waals surface area contributed by atoms with E-state index in [4.69, 9.17) is 4.98 Å². The highest BCUT2D eigenvalue weighted by Crippen LogP contribution is 2.22. The van der Waals surface area contributed by atoms with Crippen molar-refractivity contribution in [3.8, 4) is 5.69 Å². The van der Waals surface area contributed by atoms with Crippen molar-refractivity contribution in [2.24, 2.45) is 0 Å². The SMILES string of the molecule is O=C(CCc1nc2ccccc2n1-c1ccccc1)Nc1cccc(F)c1. The van der Waals surface area contributed by atoms with Crippen LogP contribution >= 0.6 is 0 Å². The van der Waals surface area contributed by atoms with Gasteiger partial charge in [0, 0.05) is 24.2 Å². The van der Waals surface area contributed by atoms with Crippen LogP contribution in [0.15, 0.2) is 78.9 Å². The smallest absolute Gasteiger partial charge is 0.224 e. The second-order valence-corrected chi connectivity index (χ2v) is 6.25. The lowest BCUT2D eigenvalue weighted by Gasteiger charge is -2.09. The fraction of sp³-hybridized carbons (Fsp3) is 0.0909. The first-order valence-electron chi connectivity index (χ1n) is 8.78. The number of rotatable bonds is 5. The Labute approximate surface area is 156 Å². The van der Waals surface area contributed by atoms with Crippen LogP contribution in [0.25, 0.3) is 16.7 Å². The molecule has 27 heavy (non-hydrogen) atoms. The van der Waals surface area contributed by atoms with Gasteiger partial charge in [-0.25, -0.2) is 9.37 Å². The molecule has 1 N–H and O–H groups in total. The summed E-state index contributed by atoms with van der Waals surface area (Å²) in [6.07, 6.45) is 0.734. The lowest BCUT2D eigenvalue weighted by Crippen LogP contribution is -2.14. The van der Waals surface area contributed by atoms with Gasteiger partial charge in [0.1, 0.15) is 11.6 Å². The summed E-state index contributed by atoms with van der Waals surface area (Å²) < 4.78 is 15.3. The maximum Gasteiger partial charge on any atom is 0.224 e. The van der Waals surface area contributed by atoms with E-state index in [1.54, 1.807) is 12.1 Å².